The summed E-state index contributed by atoms with van der Waals surface area (Å²) in [4.78, 5) is 22.6. The van der Waals surface area contributed by atoms with E-state index in [-0.39, 0.29) is 25.7 Å². The van der Waals surface area contributed by atoms with Gasteiger partial charge in [-0.3, -0.25) is 9.59 Å². The van der Waals surface area contributed by atoms with Crippen molar-refractivity contribution in [3.05, 3.63) is 0 Å². The van der Waals surface area contributed by atoms with E-state index in [1.807, 2.05) is 0 Å². The SMILES string of the molecule is CC(=O)O[C@H]1[C@@H](OCCCO)O[C@H](CO)[C@@H](C)[C@@H]1OC(C)=O. The van der Waals surface area contributed by atoms with E-state index in [1.165, 1.54) is 13.8 Å². The minimum atomic E-state index is -0.979. The van der Waals surface area contributed by atoms with Crippen LogP contribution in [0.5, 0.6) is 0 Å². The fourth-order valence-corrected chi connectivity index (χ4v) is 2.33. The molecule has 5 atom stereocenters. The maximum absolute atomic E-state index is 11.3. The molecule has 1 aliphatic heterocycles. The minimum Gasteiger partial charge on any atom is -0.458 e. The van der Waals surface area contributed by atoms with Crippen LogP contribution in [0.25, 0.3) is 0 Å². The molecule has 1 heterocycles. The standard InChI is InChI=1S/C14H24O8/c1-8-11(7-16)22-14(19-6-4-5-15)13(21-10(3)18)12(8)20-9(2)17/h8,11-16H,4-7H2,1-3H3/t8-,11-,12+,13-,14+/m1/s1. The van der Waals surface area contributed by atoms with Crippen molar-refractivity contribution in [1.29, 1.82) is 0 Å². The van der Waals surface area contributed by atoms with Gasteiger partial charge in [-0.25, -0.2) is 0 Å². The van der Waals surface area contributed by atoms with Gasteiger partial charge in [-0.1, -0.05) is 6.92 Å². The summed E-state index contributed by atoms with van der Waals surface area (Å²) in [5, 5.41) is 18.2. The Balaban J connectivity index is 2.93. The molecule has 8 nitrogen and oxygen atoms in total. The number of carbonyl (C=O) groups is 2. The Morgan fingerprint density at radius 2 is 1.68 bits per heavy atom. The van der Waals surface area contributed by atoms with Crippen LogP contribution in [0.3, 0.4) is 0 Å². The van der Waals surface area contributed by atoms with Crippen molar-refractivity contribution in [3.63, 3.8) is 0 Å². The molecule has 0 aromatic carbocycles. The molecule has 0 unspecified atom stereocenters. The number of esters is 2. The highest BCUT2D eigenvalue weighted by Gasteiger charge is 2.48. The quantitative estimate of drug-likeness (QED) is 0.481. The summed E-state index contributed by atoms with van der Waals surface area (Å²) in [7, 11) is 0. The lowest BCUT2D eigenvalue weighted by Crippen LogP contribution is -2.58. The number of rotatable bonds is 7. The van der Waals surface area contributed by atoms with Crippen molar-refractivity contribution < 1.29 is 38.7 Å². The monoisotopic (exact) mass is 320 g/mol. The molecule has 1 rings (SSSR count). The van der Waals surface area contributed by atoms with Crippen LogP contribution in [-0.4, -0.2) is 66.6 Å². The van der Waals surface area contributed by atoms with Crippen molar-refractivity contribution in [1.82, 2.24) is 0 Å². The van der Waals surface area contributed by atoms with Crippen LogP contribution in [0.1, 0.15) is 27.2 Å². The topological polar surface area (TPSA) is 112 Å². The highest BCUT2D eigenvalue weighted by Crippen LogP contribution is 2.31. The van der Waals surface area contributed by atoms with Gasteiger partial charge in [0.1, 0.15) is 6.10 Å². The van der Waals surface area contributed by atoms with Crippen LogP contribution in [0, 0.1) is 5.92 Å². The van der Waals surface area contributed by atoms with Gasteiger partial charge < -0.3 is 29.2 Å². The molecule has 0 radical (unpaired) electrons. The third-order valence-corrected chi connectivity index (χ3v) is 3.37. The van der Waals surface area contributed by atoms with Gasteiger partial charge >= 0.3 is 11.9 Å². The maximum Gasteiger partial charge on any atom is 0.303 e. The van der Waals surface area contributed by atoms with Gasteiger partial charge in [0.05, 0.1) is 19.3 Å². The van der Waals surface area contributed by atoms with Gasteiger partial charge in [0.25, 0.3) is 0 Å². The van der Waals surface area contributed by atoms with E-state index in [0.29, 0.717) is 6.42 Å². The van der Waals surface area contributed by atoms with Gasteiger partial charge in [-0.05, 0) is 6.42 Å². The lowest BCUT2D eigenvalue weighted by Gasteiger charge is -2.43. The van der Waals surface area contributed by atoms with E-state index in [1.54, 1.807) is 6.92 Å². The molecule has 0 saturated carbocycles. The zero-order chi connectivity index (χ0) is 16.7. The van der Waals surface area contributed by atoms with Gasteiger partial charge in [-0.15, -0.1) is 0 Å². The molecule has 0 spiro atoms. The Hall–Kier alpha value is -1.22. The molecule has 0 aliphatic carbocycles. The number of hydrogen-bond acceptors (Lipinski definition) is 8. The Morgan fingerprint density at radius 1 is 1.09 bits per heavy atom. The molecule has 22 heavy (non-hydrogen) atoms. The van der Waals surface area contributed by atoms with Crippen molar-refractivity contribution in [2.75, 3.05) is 19.8 Å². The smallest absolute Gasteiger partial charge is 0.303 e. The first-order valence-electron chi connectivity index (χ1n) is 7.24. The molecule has 0 amide bonds. The second kappa shape index (κ2) is 9.04. The molecule has 0 aromatic heterocycles. The van der Waals surface area contributed by atoms with Crippen LogP contribution in [0.2, 0.25) is 0 Å². The second-order valence-electron chi connectivity index (χ2n) is 5.18. The summed E-state index contributed by atoms with van der Waals surface area (Å²) in [6.07, 6.45) is -2.93. The Bertz CT molecular complexity index is 372. The summed E-state index contributed by atoms with van der Waals surface area (Å²) in [5.74, 6) is -1.46. The Morgan fingerprint density at radius 3 is 2.18 bits per heavy atom. The van der Waals surface area contributed by atoms with E-state index >= 15 is 0 Å². The average molecular weight is 320 g/mol. The van der Waals surface area contributed by atoms with Crippen LogP contribution in [-0.2, 0) is 28.5 Å². The second-order valence-corrected chi connectivity index (χ2v) is 5.18. The molecular weight excluding hydrogens is 296 g/mol. The molecule has 128 valence electrons. The summed E-state index contributed by atoms with van der Waals surface area (Å²) < 4.78 is 21.5. The van der Waals surface area contributed by atoms with Crippen molar-refractivity contribution in [2.24, 2.45) is 5.92 Å². The third-order valence-electron chi connectivity index (χ3n) is 3.37. The molecule has 1 fully saturated rings. The van der Waals surface area contributed by atoms with Crippen LogP contribution in [0.15, 0.2) is 0 Å². The number of aliphatic hydroxyl groups is 2. The number of aliphatic hydroxyl groups excluding tert-OH is 2. The molecule has 8 heteroatoms. The lowest BCUT2D eigenvalue weighted by atomic mass is 9.90. The Labute approximate surface area is 129 Å². The first-order chi connectivity index (χ1) is 10.4. The van der Waals surface area contributed by atoms with Crippen molar-refractivity contribution >= 4 is 11.9 Å². The summed E-state index contributed by atoms with van der Waals surface area (Å²) in [6, 6.07) is 0. The van der Waals surface area contributed by atoms with Crippen LogP contribution >= 0.6 is 0 Å². The largest absolute Gasteiger partial charge is 0.458 e. The molecule has 0 bridgehead atoms. The molecule has 1 aliphatic rings. The zero-order valence-electron chi connectivity index (χ0n) is 13.1. The van der Waals surface area contributed by atoms with E-state index in [0.717, 1.165) is 0 Å². The fraction of sp³-hybridized carbons (Fsp3) is 0.857. The number of hydrogen-bond donors (Lipinski definition) is 2. The van der Waals surface area contributed by atoms with Crippen LogP contribution < -0.4 is 0 Å². The molecular formula is C14H24O8. The summed E-state index contributed by atoms with van der Waals surface area (Å²) in [6.45, 7) is 4.05. The summed E-state index contributed by atoms with van der Waals surface area (Å²) in [5.41, 5.74) is 0. The predicted molar refractivity (Wildman–Crippen MR) is 73.7 cm³/mol. The van der Waals surface area contributed by atoms with Gasteiger partial charge in [-0.2, -0.15) is 0 Å². The highest BCUT2D eigenvalue weighted by molar-refractivity contribution is 5.67. The predicted octanol–water partition coefficient (Wildman–Crippen LogP) is -0.398. The van der Waals surface area contributed by atoms with Crippen LogP contribution in [0.4, 0.5) is 0 Å². The van der Waals surface area contributed by atoms with Gasteiger partial charge in [0.15, 0.2) is 12.4 Å². The zero-order valence-corrected chi connectivity index (χ0v) is 13.1. The van der Waals surface area contributed by atoms with Gasteiger partial charge in [0, 0.05) is 26.4 Å². The number of carbonyl (C=O) groups excluding carboxylic acids is 2. The maximum atomic E-state index is 11.3. The highest BCUT2D eigenvalue weighted by atomic mass is 16.7. The number of ether oxygens (including phenoxy) is 4. The first kappa shape index (κ1) is 18.8. The van der Waals surface area contributed by atoms with Crippen molar-refractivity contribution in [3.8, 4) is 0 Å². The summed E-state index contributed by atoms with van der Waals surface area (Å²) >= 11 is 0. The fourth-order valence-electron chi connectivity index (χ4n) is 2.33. The van der Waals surface area contributed by atoms with Gasteiger partial charge in [0.2, 0.25) is 0 Å². The molecule has 2 N–H and O–H groups in total. The molecule has 1 saturated heterocycles. The van der Waals surface area contributed by atoms with E-state index < -0.39 is 36.5 Å². The normalized spacial score (nSPS) is 31.6. The van der Waals surface area contributed by atoms with E-state index in [4.69, 9.17) is 24.1 Å². The first-order valence-corrected chi connectivity index (χ1v) is 7.24. The third kappa shape index (κ3) is 5.20. The van der Waals surface area contributed by atoms with Crippen molar-refractivity contribution in [2.45, 2.75) is 51.8 Å². The van der Waals surface area contributed by atoms with E-state index in [2.05, 4.69) is 0 Å². The lowest BCUT2D eigenvalue weighted by molar-refractivity contribution is -0.294. The minimum absolute atomic E-state index is 0.0574. The molecule has 0 aromatic rings. The van der Waals surface area contributed by atoms with E-state index in [9.17, 15) is 14.7 Å². The Kier molecular flexibility index (Phi) is 7.74. The average Bonchev–Trinajstić information content (AvgIpc) is 2.44.